The van der Waals surface area contributed by atoms with E-state index in [4.69, 9.17) is 2.81 Å². The molecule has 0 unspecified atom stereocenters. The van der Waals surface area contributed by atoms with Crippen molar-refractivity contribution in [3.8, 4) is 5.75 Å². The maximum absolute atomic E-state index is 5.59. The Morgan fingerprint density at radius 1 is 0.938 bits per heavy atom. The van der Waals surface area contributed by atoms with Gasteiger partial charge in [0.15, 0.2) is 0 Å². The molecule has 16 heavy (non-hydrogen) atoms. The van der Waals surface area contributed by atoms with Crippen molar-refractivity contribution in [1.29, 1.82) is 0 Å². The van der Waals surface area contributed by atoms with Crippen molar-refractivity contribution >= 4 is 24.8 Å². The molecule has 1 rings (SSSR count). The van der Waals surface area contributed by atoms with E-state index in [0.29, 0.717) is 11.8 Å². The van der Waals surface area contributed by atoms with Gasteiger partial charge in [-0.2, -0.15) is 0 Å². The zero-order chi connectivity index (χ0) is 10.7. The minimum absolute atomic E-state index is 0. The number of para-hydroxylation sites is 1. The van der Waals surface area contributed by atoms with E-state index in [-0.39, 0.29) is 24.8 Å². The van der Waals surface area contributed by atoms with Crippen molar-refractivity contribution in [1.82, 2.24) is 0 Å². The first-order valence-corrected chi connectivity index (χ1v) is 6.04. The van der Waals surface area contributed by atoms with Crippen LogP contribution in [0.3, 0.4) is 0 Å². The molecule has 0 aliphatic heterocycles. The molecule has 4 heteroatoms. The summed E-state index contributed by atoms with van der Waals surface area (Å²) in [4.78, 5) is 0. The predicted octanol–water partition coefficient (Wildman–Crippen LogP) is 4.62. The van der Waals surface area contributed by atoms with Crippen molar-refractivity contribution in [3.05, 3.63) is 29.3 Å². The first-order chi connectivity index (χ1) is 6.57. The third-order valence-electron chi connectivity index (χ3n) is 2.42. The molecule has 0 aromatic heterocycles. The maximum atomic E-state index is 5.59. The molecule has 0 fully saturated rings. The molecule has 0 heterocycles. The third-order valence-corrected chi connectivity index (χ3v) is 2.92. The van der Waals surface area contributed by atoms with Gasteiger partial charge in [0, 0.05) is 0 Å². The molecule has 91 valence electrons. The van der Waals surface area contributed by atoms with Crippen LogP contribution in [0, 0.1) is 0 Å². The van der Waals surface area contributed by atoms with E-state index in [0.717, 1.165) is 30.9 Å². The molecule has 0 saturated heterocycles. The van der Waals surface area contributed by atoms with Gasteiger partial charge in [-0.1, -0.05) is 0 Å². The van der Waals surface area contributed by atoms with Crippen LogP contribution in [0.2, 0.25) is 0 Å². The van der Waals surface area contributed by atoms with E-state index < -0.39 is 0 Å². The third kappa shape index (κ3) is 4.39. The van der Waals surface area contributed by atoms with E-state index in [1.807, 2.05) is 0 Å². The van der Waals surface area contributed by atoms with Gasteiger partial charge in [0.25, 0.3) is 0 Å². The van der Waals surface area contributed by atoms with E-state index in [9.17, 15) is 0 Å². The van der Waals surface area contributed by atoms with Crippen LogP contribution in [0.15, 0.2) is 18.2 Å². The zero-order valence-electron chi connectivity index (χ0n) is 10.1. The maximum Gasteiger partial charge on any atom is -0.147 e. The van der Waals surface area contributed by atoms with E-state index >= 15 is 0 Å². The normalized spacial score (nSPS) is 9.56. The molecule has 0 spiro atoms. The Morgan fingerprint density at radius 3 is 1.56 bits per heavy atom. The van der Waals surface area contributed by atoms with E-state index in [1.54, 1.807) is 0 Å². The second-order valence-electron chi connectivity index (χ2n) is 4.18. The van der Waals surface area contributed by atoms with E-state index in [2.05, 4.69) is 45.9 Å². The first-order valence-electron chi connectivity index (χ1n) is 5.04. The van der Waals surface area contributed by atoms with Crippen LogP contribution in [-0.2, 0) is 25.2 Å². The average molecular weight is 341 g/mol. The topological polar surface area (TPSA) is 9.23 Å². The molecule has 0 radical (unpaired) electrons. The smallest absolute Gasteiger partial charge is 0.147 e. The summed E-state index contributed by atoms with van der Waals surface area (Å²) in [6.45, 7) is 8.83. The van der Waals surface area contributed by atoms with Gasteiger partial charge >= 0.3 is 103 Å². The molecule has 0 N–H and O–H groups in total. The van der Waals surface area contributed by atoms with Gasteiger partial charge in [0.05, 0.1) is 0 Å². The standard InChI is InChI=1S/C12H18O.2ClH.Zr/c1-8(2)10-6-5-7-11(9(3)4)12(10)13;;;/h5-9,13H,1-4H3;2*1H;/q;;;+1/p-1. The fraction of sp³-hybridized carbons (Fsp3) is 0.500. The quantitative estimate of drug-likeness (QED) is 0.780. The molecular weight excluding hydrogens is 322 g/mol. The zero-order valence-corrected chi connectivity index (χ0v) is 14.2. The summed E-state index contributed by atoms with van der Waals surface area (Å²) >= 11 is 1.11. The Kier molecular flexibility index (Phi) is 10.1. The van der Waals surface area contributed by atoms with Crippen LogP contribution < -0.4 is 2.81 Å². The Morgan fingerprint density at radius 2 is 1.31 bits per heavy atom. The Hall–Kier alpha value is 0.483. The molecule has 0 saturated carbocycles. The molecule has 0 amide bonds. The van der Waals surface area contributed by atoms with Gasteiger partial charge in [-0.15, -0.1) is 24.8 Å². The number of hydrogen-bond acceptors (Lipinski definition) is 1. The SMILES string of the molecule is CC(C)c1cccc(C(C)C)c1[O][Zr].Cl.Cl. The Balaban J connectivity index is 0. The molecule has 1 aromatic carbocycles. The first kappa shape index (κ1) is 18.8. The largest absolute Gasteiger partial charge is 0.147 e. The van der Waals surface area contributed by atoms with Gasteiger partial charge in [0.2, 0.25) is 0 Å². The second-order valence-corrected chi connectivity index (χ2v) is 4.68. The van der Waals surface area contributed by atoms with E-state index in [1.165, 1.54) is 11.1 Å². The summed E-state index contributed by atoms with van der Waals surface area (Å²) < 4.78 is 5.59. The molecule has 0 bridgehead atoms. The molecule has 0 aliphatic rings. The van der Waals surface area contributed by atoms with Crippen molar-refractivity contribution < 1.29 is 28.0 Å². The summed E-state index contributed by atoms with van der Waals surface area (Å²) in [5.74, 6) is 2.17. The van der Waals surface area contributed by atoms with Crippen molar-refractivity contribution in [3.63, 3.8) is 0 Å². The molecule has 1 aromatic rings. The van der Waals surface area contributed by atoms with Gasteiger partial charge in [-0.25, -0.2) is 0 Å². The number of benzene rings is 1. The summed E-state index contributed by atoms with van der Waals surface area (Å²) in [7, 11) is 0. The average Bonchev–Trinajstić information content (AvgIpc) is 2.16. The summed E-state index contributed by atoms with van der Waals surface area (Å²) in [5.41, 5.74) is 2.65. The fourth-order valence-electron chi connectivity index (χ4n) is 1.60. The summed E-state index contributed by atoms with van der Waals surface area (Å²) in [6, 6.07) is 6.45. The van der Waals surface area contributed by atoms with Crippen molar-refractivity contribution in [2.75, 3.05) is 0 Å². The van der Waals surface area contributed by atoms with Crippen LogP contribution in [0.5, 0.6) is 5.75 Å². The van der Waals surface area contributed by atoms with Crippen LogP contribution >= 0.6 is 24.8 Å². The second kappa shape index (κ2) is 8.56. The Bertz CT molecular complexity index is 288. The number of hydrogen-bond donors (Lipinski definition) is 0. The summed E-state index contributed by atoms with van der Waals surface area (Å²) in [5, 5.41) is 0. The molecular formula is C12H19Cl2OZr. The minimum atomic E-state index is 0. The van der Waals surface area contributed by atoms with Gasteiger partial charge in [-0.3, -0.25) is 0 Å². The van der Waals surface area contributed by atoms with Crippen LogP contribution in [-0.4, -0.2) is 0 Å². The van der Waals surface area contributed by atoms with Crippen molar-refractivity contribution in [2.24, 2.45) is 0 Å². The van der Waals surface area contributed by atoms with Crippen LogP contribution in [0.1, 0.15) is 50.7 Å². The fourth-order valence-corrected chi connectivity index (χ4v) is 2.18. The number of rotatable bonds is 3. The minimum Gasteiger partial charge on any atom is -0.147 e. The monoisotopic (exact) mass is 339 g/mol. The van der Waals surface area contributed by atoms with Crippen LogP contribution in [0.4, 0.5) is 0 Å². The Labute approximate surface area is 127 Å². The molecule has 1 nitrogen and oxygen atoms in total. The molecule has 0 atom stereocenters. The molecule has 0 aliphatic carbocycles. The van der Waals surface area contributed by atoms with Gasteiger partial charge in [-0.05, 0) is 0 Å². The number of halogens is 2. The van der Waals surface area contributed by atoms with Crippen LogP contribution in [0.25, 0.3) is 0 Å². The van der Waals surface area contributed by atoms with Crippen molar-refractivity contribution in [2.45, 2.75) is 39.5 Å². The van der Waals surface area contributed by atoms with Gasteiger partial charge in [0.1, 0.15) is 0 Å². The predicted molar refractivity (Wildman–Crippen MR) is 69.7 cm³/mol. The van der Waals surface area contributed by atoms with Gasteiger partial charge < -0.3 is 0 Å². The summed E-state index contributed by atoms with van der Waals surface area (Å²) in [6.07, 6.45) is 0.